The van der Waals surface area contributed by atoms with E-state index in [4.69, 9.17) is 35.3 Å². The predicted molar refractivity (Wildman–Crippen MR) is 94.9 cm³/mol. The number of carbonyl (C=O) groups is 1. The fourth-order valence-corrected chi connectivity index (χ4v) is 3.24. The van der Waals surface area contributed by atoms with Crippen LogP contribution in [0.15, 0.2) is 24.3 Å². The normalized spacial score (nSPS) is 14.6. The Morgan fingerprint density at radius 2 is 1.89 bits per heavy atom. The molecule has 2 aromatic carbocycles. The van der Waals surface area contributed by atoms with Crippen molar-refractivity contribution in [2.45, 2.75) is 13.2 Å². The second-order valence-corrected chi connectivity index (χ2v) is 6.45. The fourth-order valence-electron chi connectivity index (χ4n) is 2.98. The summed E-state index contributed by atoms with van der Waals surface area (Å²) in [7, 11) is 0. The number of nitro groups is 1. The monoisotopic (exact) mass is 407 g/mol. The first-order valence-corrected chi connectivity index (χ1v) is 8.67. The third kappa shape index (κ3) is 3.54. The van der Waals surface area contributed by atoms with Crippen molar-refractivity contribution < 1.29 is 33.4 Å². The second kappa shape index (κ2) is 7.53. The van der Waals surface area contributed by atoms with Crippen molar-refractivity contribution in [1.29, 1.82) is 0 Å². The molecule has 28 heavy (non-hydrogen) atoms. The van der Waals surface area contributed by atoms with E-state index in [1.54, 1.807) is 12.1 Å². The van der Waals surface area contributed by atoms with Crippen LogP contribution in [0.25, 0.3) is 0 Å². The number of fused-ring (bicyclic) bond motifs is 2. The van der Waals surface area contributed by atoms with Gasteiger partial charge in [-0.25, -0.2) is 4.79 Å². The molecule has 0 bridgehead atoms. The zero-order valence-electron chi connectivity index (χ0n) is 14.4. The van der Waals surface area contributed by atoms with Crippen LogP contribution in [0, 0.1) is 10.1 Å². The third-order valence-electron chi connectivity index (χ3n) is 4.19. The Hall–Kier alpha value is -3.04. The second-order valence-electron chi connectivity index (χ2n) is 6.01. The van der Waals surface area contributed by atoms with Gasteiger partial charge >= 0.3 is 5.97 Å². The van der Waals surface area contributed by atoms with Gasteiger partial charge in [0.15, 0.2) is 18.3 Å². The maximum absolute atomic E-state index is 12.6. The Bertz CT molecular complexity index is 961. The Morgan fingerprint density at radius 1 is 1.14 bits per heavy atom. The number of esters is 1. The number of nitro benzene ring substituents is 1. The molecule has 0 atom stereocenters. The van der Waals surface area contributed by atoms with E-state index in [2.05, 4.69) is 0 Å². The third-order valence-corrected chi connectivity index (χ3v) is 4.41. The first-order chi connectivity index (χ1) is 13.5. The van der Waals surface area contributed by atoms with E-state index in [1.165, 1.54) is 6.07 Å². The molecular formula is C18H14ClNO8. The van der Waals surface area contributed by atoms with Crippen molar-refractivity contribution in [2.24, 2.45) is 0 Å². The van der Waals surface area contributed by atoms with Gasteiger partial charge in [-0.15, -0.1) is 0 Å². The quantitative estimate of drug-likeness (QED) is 0.432. The summed E-state index contributed by atoms with van der Waals surface area (Å²) in [6, 6.07) is 5.73. The van der Waals surface area contributed by atoms with E-state index in [1.807, 2.05) is 0 Å². The topological polar surface area (TPSA) is 106 Å². The lowest BCUT2D eigenvalue weighted by Crippen LogP contribution is -2.17. The van der Waals surface area contributed by atoms with Crippen LogP contribution < -0.4 is 14.2 Å². The molecule has 0 amide bonds. The van der Waals surface area contributed by atoms with Gasteiger partial charge in [0.25, 0.3) is 5.69 Å². The van der Waals surface area contributed by atoms with Crippen LogP contribution in [-0.2, 0) is 22.7 Å². The van der Waals surface area contributed by atoms with Gasteiger partial charge < -0.3 is 23.7 Å². The molecule has 10 heteroatoms. The van der Waals surface area contributed by atoms with Crippen LogP contribution in [0.1, 0.15) is 21.5 Å². The number of rotatable bonds is 4. The molecule has 4 rings (SSSR count). The highest BCUT2D eigenvalue weighted by Crippen LogP contribution is 2.37. The molecule has 0 saturated heterocycles. The molecule has 0 spiro atoms. The van der Waals surface area contributed by atoms with Crippen LogP contribution >= 0.6 is 11.6 Å². The van der Waals surface area contributed by atoms with E-state index in [0.717, 1.165) is 11.6 Å². The summed E-state index contributed by atoms with van der Waals surface area (Å²) in [5.74, 6) is 0.126. The van der Waals surface area contributed by atoms with Crippen LogP contribution in [0.3, 0.4) is 0 Å². The summed E-state index contributed by atoms with van der Waals surface area (Å²) in [5.41, 5.74) is 0.621. The Balaban J connectivity index is 1.59. The molecular weight excluding hydrogens is 394 g/mol. The van der Waals surface area contributed by atoms with E-state index in [0.29, 0.717) is 22.9 Å². The van der Waals surface area contributed by atoms with Crippen molar-refractivity contribution in [3.8, 4) is 17.2 Å². The van der Waals surface area contributed by atoms with Gasteiger partial charge in [-0.05, 0) is 12.1 Å². The van der Waals surface area contributed by atoms with Gasteiger partial charge in [0.05, 0.1) is 17.6 Å². The first-order valence-electron chi connectivity index (χ1n) is 8.30. The highest BCUT2D eigenvalue weighted by Gasteiger charge is 2.28. The summed E-state index contributed by atoms with van der Waals surface area (Å²) in [5, 5.41) is 11.8. The molecule has 0 aromatic heterocycles. The van der Waals surface area contributed by atoms with Gasteiger partial charge in [-0.2, -0.15) is 0 Å². The number of benzene rings is 2. The molecule has 0 unspecified atom stereocenters. The molecule has 0 fully saturated rings. The minimum atomic E-state index is -0.871. The molecule has 9 nitrogen and oxygen atoms in total. The summed E-state index contributed by atoms with van der Waals surface area (Å²) in [6.07, 6.45) is 0. The first kappa shape index (κ1) is 18.3. The lowest BCUT2D eigenvalue weighted by atomic mass is 10.1. The van der Waals surface area contributed by atoms with Crippen molar-refractivity contribution in [2.75, 3.05) is 20.0 Å². The Kier molecular flexibility index (Phi) is 4.93. The van der Waals surface area contributed by atoms with Gasteiger partial charge in [0.2, 0.25) is 0 Å². The SMILES string of the molecule is O=C(OCc1cc(Cl)cc2c1OCOC2)c1cc2c(cc1[N+](=O)[O-])OCCO2. The molecule has 146 valence electrons. The minimum Gasteiger partial charge on any atom is -0.486 e. The number of halogens is 1. The largest absolute Gasteiger partial charge is 0.486 e. The highest BCUT2D eigenvalue weighted by atomic mass is 35.5. The number of hydrogen-bond acceptors (Lipinski definition) is 8. The summed E-state index contributed by atoms with van der Waals surface area (Å²) >= 11 is 6.09. The molecule has 0 saturated carbocycles. The molecule has 0 radical (unpaired) electrons. The van der Waals surface area contributed by atoms with E-state index >= 15 is 0 Å². The van der Waals surface area contributed by atoms with Gasteiger partial charge in [0.1, 0.15) is 31.1 Å². The maximum atomic E-state index is 12.6. The lowest BCUT2D eigenvalue weighted by molar-refractivity contribution is -0.385. The zero-order chi connectivity index (χ0) is 19.7. The predicted octanol–water partition coefficient (Wildman–Crippen LogP) is 3.24. The molecule has 2 aliphatic heterocycles. The van der Waals surface area contributed by atoms with E-state index < -0.39 is 16.6 Å². The highest BCUT2D eigenvalue weighted by molar-refractivity contribution is 6.30. The van der Waals surface area contributed by atoms with E-state index in [-0.39, 0.29) is 43.7 Å². The molecule has 0 aliphatic carbocycles. The average Bonchev–Trinajstić information content (AvgIpc) is 2.70. The molecule has 0 N–H and O–H groups in total. The number of ether oxygens (including phenoxy) is 5. The summed E-state index contributed by atoms with van der Waals surface area (Å²) in [4.78, 5) is 23.3. The molecule has 2 aromatic rings. The number of nitrogens with zero attached hydrogens (tertiary/aromatic N) is 1. The number of carbonyl (C=O) groups excluding carboxylic acids is 1. The molecule has 2 heterocycles. The van der Waals surface area contributed by atoms with Gasteiger partial charge in [-0.1, -0.05) is 11.6 Å². The van der Waals surface area contributed by atoms with Crippen molar-refractivity contribution in [3.05, 3.63) is 56.1 Å². The van der Waals surface area contributed by atoms with Crippen molar-refractivity contribution >= 4 is 23.3 Å². The summed E-state index contributed by atoms with van der Waals surface area (Å²) in [6.45, 7) is 0.784. The van der Waals surface area contributed by atoms with Crippen LogP contribution in [-0.4, -0.2) is 30.9 Å². The van der Waals surface area contributed by atoms with Gasteiger partial charge in [-0.3, -0.25) is 10.1 Å². The standard InChI is InChI=1S/C18H14ClNO8/c19-12-3-10-7-24-9-28-17(10)11(4-12)8-27-18(21)13-5-15-16(26-2-1-25-15)6-14(13)20(22)23/h3-6H,1-2,7-9H2. The van der Waals surface area contributed by atoms with Crippen molar-refractivity contribution in [1.82, 2.24) is 0 Å². The van der Waals surface area contributed by atoms with Crippen LogP contribution in [0.2, 0.25) is 5.02 Å². The van der Waals surface area contributed by atoms with Gasteiger partial charge in [0, 0.05) is 22.2 Å². The zero-order valence-corrected chi connectivity index (χ0v) is 15.2. The van der Waals surface area contributed by atoms with Crippen LogP contribution in [0.5, 0.6) is 17.2 Å². The lowest BCUT2D eigenvalue weighted by Gasteiger charge is -2.21. The van der Waals surface area contributed by atoms with Crippen LogP contribution in [0.4, 0.5) is 5.69 Å². The Labute approximate surface area is 163 Å². The Morgan fingerprint density at radius 3 is 2.64 bits per heavy atom. The smallest absolute Gasteiger partial charge is 0.345 e. The number of hydrogen-bond donors (Lipinski definition) is 0. The minimum absolute atomic E-state index is 0.0726. The van der Waals surface area contributed by atoms with Crippen molar-refractivity contribution in [3.63, 3.8) is 0 Å². The maximum Gasteiger partial charge on any atom is 0.345 e. The van der Waals surface area contributed by atoms with E-state index in [9.17, 15) is 14.9 Å². The summed E-state index contributed by atoms with van der Waals surface area (Å²) < 4.78 is 26.7. The molecule has 2 aliphatic rings. The average molecular weight is 408 g/mol. The fraction of sp³-hybridized carbons (Fsp3) is 0.278.